The second kappa shape index (κ2) is 10.7. The molecule has 3 rings (SSSR count). The summed E-state index contributed by atoms with van der Waals surface area (Å²) < 4.78 is 30.9. The molecule has 6 nitrogen and oxygen atoms in total. The number of rotatable bonds is 9. The lowest BCUT2D eigenvalue weighted by molar-refractivity contribution is -0.136. The average Bonchev–Trinajstić information content (AvgIpc) is 3.12. The maximum Gasteiger partial charge on any atom is 0.261 e. The number of sulfone groups is 1. The number of ether oxygens (including phenoxy) is 1. The summed E-state index contributed by atoms with van der Waals surface area (Å²) in [6, 6.07) is 15.3. The van der Waals surface area contributed by atoms with Crippen molar-refractivity contribution in [2.45, 2.75) is 32.9 Å². The zero-order valence-corrected chi connectivity index (χ0v) is 20.9. The van der Waals surface area contributed by atoms with E-state index in [1.54, 1.807) is 4.90 Å². The molecule has 0 spiro atoms. The van der Waals surface area contributed by atoms with Crippen LogP contribution >= 0.6 is 22.6 Å². The number of hydrogen-bond acceptors (Lipinski definition) is 5. The summed E-state index contributed by atoms with van der Waals surface area (Å²) in [6.07, 6.45) is 0.467. The highest BCUT2D eigenvalue weighted by Crippen LogP contribution is 2.22. The molecule has 0 aromatic heterocycles. The molecule has 1 aliphatic heterocycles. The van der Waals surface area contributed by atoms with Crippen LogP contribution in [0.15, 0.2) is 48.5 Å². The van der Waals surface area contributed by atoms with Crippen LogP contribution in [0.1, 0.15) is 25.8 Å². The minimum Gasteiger partial charge on any atom is -0.484 e. The largest absolute Gasteiger partial charge is 0.484 e. The van der Waals surface area contributed by atoms with Gasteiger partial charge >= 0.3 is 0 Å². The molecule has 1 saturated heterocycles. The summed E-state index contributed by atoms with van der Waals surface area (Å²) >= 11 is 2.21. The Morgan fingerprint density at radius 3 is 2.26 bits per heavy atom. The first-order chi connectivity index (χ1) is 14.8. The van der Waals surface area contributed by atoms with Gasteiger partial charge in [0.25, 0.3) is 5.91 Å². The Bertz CT molecular complexity index is 974. The third-order valence-electron chi connectivity index (χ3n) is 5.56. The Kier molecular flexibility index (Phi) is 8.21. The molecule has 1 unspecified atom stereocenters. The maximum atomic E-state index is 13.1. The molecule has 0 radical (unpaired) electrons. The number of amides is 1. The van der Waals surface area contributed by atoms with Gasteiger partial charge in [0.15, 0.2) is 16.4 Å². The molecule has 0 saturated carbocycles. The van der Waals surface area contributed by atoms with Crippen molar-refractivity contribution in [3.63, 3.8) is 0 Å². The molecule has 1 aliphatic rings. The Hall–Kier alpha value is -1.81. The molecular weight excluding hydrogens is 527 g/mol. The number of carbonyl (C=O) groups is 1. The highest BCUT2D eigenvalue weighted by Gasteiger charge is 2.34. The lowest BCUT2D eigenvalue weighted by Gasteiger charge is -2.29. The van der Waals surface area contributed by atoms with Gasteiger partial charge in [-0.2, -0.15) is 0 Å². The minimum atomic E-state index is -3.11. The van der Waals surface area contributed by atoms with Gasteiger partial charge in [-0.15, -0.1) is 0 Å². The fraction of sp³-hybridized carbons (Fsp3) is 0.435. The first-order valence-electron chi connectivity index (χ1n) is 10.5. The molecule has 0 aliphatic carbocycles. The van der Waals surface area contributed by atoms with E-state index in [2.05, 4.69) is 53.5 Å². The van der Waals surface area contributed by atoms with Crippen molar-refractivity contribution in [1.82, 2.24) is 4.90 Å². The lowest BCUT2D eigenvalue weighted by atomic mass is 10.1. The summed E-state index contributed by atoms with van der Waals surface area (Å²) in [5, 5.41) is 0. The first kappa shape index (κ1) is 23.8. The van der Waals surface area contributed by atoms with Gasteiger partial charge in [0.05, 0.1) is 11.5 Å². The quantitative estimate of drug-likeness (QED) is 0.441. The summed E-state index contributed by atoms with van der Waals surface area (Å²) in [6.45, 7) is 6.34. The summed E-state index contributed by atoms with van der Waals surface area (Å²) in [7, 11) is -3.11. The van der Waals surface area contributed by atoms with Gasteiger partial charge in [0.1, 0.15) is 5.75 Å². The van der Waals surface area contributed by atoms with Crippen molar-refractivity contribution in [3.8, 4) is 5.75 Å². The van der Waals surface area contributed by atoms with Gasteiger partial charge in [-0.05, 0) is 84.8 Å². The molecule has 2 aromatic carbocycles. The Morgan fingerprint density at radius 2 is 1.71 bits per heavy atom. The molecule has 1 fully saturated rings. The number of benzene rings is 2. The number of carbonyl (C=O) groups excluding carboxylic acids is 1. The Labute approximate surface area is 198 Å². The Balaban J connectivity index is 1.73. The van der Waals surface area contributed by atoms with Gasteiger partial charge in [-0.25, -0.2) is 8.42 Å². The zero-order chi connectivity index (χ0) is 22.4. The molecule has 1 heterocycles. The summed E-state index contributed by atoms with van der Waals surface area (Å²) in [5.74, 6) is 0.560. The van der Waals surface area contributed by atoms with Crippen LogP contribution in [-0.4, -0.2) is 56.5 Å². The van der Waals surface area contributed by atoms with Gasteiger partial charge in [-0.1, -0.05) is 12.1 Å². The fourth-order valence-electron chi connectivity index (χ4n) is 3.80. The lowest BCUT2D eigenvalue weighted by Crippen LogP contribution is -2.43. The van der Waals surface area contributed by atoms with Crippen LogP contribution in [0.25, 0.3) is 0 Å². The smallest absolute Gasteiger partial charge is 0.261 e. The highest BCUT2D eigenvalue weighted by atomic mass is 127. The molecule has 168 valence electrons. The van der Waals surface area contributed by atoms with Gasteiger partial charge < -0.3 is 14.5 Å². The second-order valence-electron chi connectivity index (χ2n) is 7.66. The number of nitrogens with zero attached hydrogens (tertiary/aromatic N) is 2. The van der Waals surface area contributed by atoms with Crippen molar-refractivity contribution in [2.24, 2.45) is 0 Å². The highest BCUT2D eigenvalue weighted by molar-refractivity contribution is 14.1. The third-order valence-corrected chi connectivity index (χ3v) is 8.03. The monoisotopic (exact) mass is 556 g/mol. The van der Waals surface area contributed by atoms with Crippen LogP contribution in [-0.2, 0) is 21.2 Å². The molecule has 31 heavy (non-hydrogen) atoms. The predicted octanol–water partition coefficient (Wildman–Crippen LogP) is 3.73. The van der Waals surface area contributed by atoms with E-state index in [0.717, 1.165) is 27.9 Å². The molecule has 8 heteroatoms. The van der Waals surface area contributed by atoms with E-state index in [9.17, 15) is 13.2 Å². The van der Waals surface area contributed by atoms with Crippen molar-refractivity contribution >= 4 is 44.0 Å². The van der Waals surface area contributed by atoms with Crippen LogP contribution in [0.5, 0.6) is 5.75 Å². The zero-order valence-electron chi connectivity index (χ0n) is 18.0. The van der Waals surface area contributed by atoms with Crippen molar-refractivity contribution in [1.29, 1.82) is 0 Å². The van der Waals surface area contributed by atoms with E-state index in [1.807, 2.05) is 36.4 Å². The first-order valence-corrected chi connectivity index (χ1v) is 13.4. The SMILES string of the molecule is CCN(CC)c1ccc(CN(C(=O)COc2ccc(I)cc2)C2CCS(=O)(=O)C2)cc1. The number of halogens is 1. The van der Waals surface area contributed by atoms with E-state index in [4.69, 9.17) is 4.74 Å². The summed E-state index contributed by atoms with van der Waals surface area (Å²) in [4.78, 5) is 17.0. The third kappa shape index (κ3) is 6.58. The van der Waals surface area contributed by atoms with Crippen LogP contribution in [0.4, 0.5) is 5.69 Å². The predicted molar refractivity (Wildman–Crippen MR) is 132 cm³/mol. The average molecular weight is 556 g/mol. The normalized spacial score (nSPS) is 17.3. The minimum absolute atomic E-state index is 0.0137. The molecule has 0 N–H and O–H groups in total. The van der Waals surface area contributed by atoms with Gasteiger partial charge in [0, 0.05) is 34.9 Å². The van der Waals surface area contributed by atoms with Crippen LogP contribution < -0.4 is 9.64 Å². The topological polar surface area (TPSA) is 66.9 Å². The van der Waals surface area contributed by atoms with E-state index in [0.29, 0.717) is 18.7 Å². The van der Waals surface area contributed by atoms with E-state index in [-0.39, 0.29) is 30.1 Å². The van der Waals surface area contributed by atoms with Crippen molar-refractivity contribution in [3.05, 3.63) is 57.7 Å². The number of anilines is 1. The standard InChI is InChI=1S/C23H29IN2O4S/c1-3-25(4-2)20-9-5-18(6-10-20)15-26(21-13-14-31(28,29)17-21)23(27)16-30-22-11-7-19(24)8-12-22/h5-12,21H,3-4,13-17H2,1-2H3. The molecule has 1 amide bonds. The fourth-order valence-corrected chi connectivity index (χ4v) is 5.89. The second-order valence-corrected chi connectivity index (χ2v) is 11.1. The maximum absolute atomic E-state index is 13.1. The van der Waals surface area contributed by atoms with Crippen LogP contribution in [0.2, 0.25) is 0 Å². The molecule has 0 bridgehead atoms. The summed E-state index contributed by atoms with van der Waals surface area (Å²) in [5.41, 5.74) is 2.11. The van der Waals surface area contributed by atoms with Gasteiger partial charge in [-0.3, -0.25) is 4.79 Å². The van der Waals surface area contributed by atoms with E-state index in [1.165, 1.54) is 0 Å². The Morgan fingerprint density at radius 1 is 1.06 bits per heavy atom. The van der Waals surface area contributed by atoms with E-state index < -0.39 is 9.84 Å². The molecule has 1 atom stereocenters. The van der Waals surface area contributed by atoms with E-state index >= 15 is 0 Å². The molecule has 2 aromatic rings. The van der Waals surface area contributed by atoms with Crippen molar-refractivity contribution < 1.29 is 17.9 Å². The van der Waals surface area contributed by atoms with Gasteiger partial charge in [0.2, 0.25) is 0 Å². The van der Waals surface area contributed by atoms with Crippen molar-refractivity contribution in [2.75, 3.05) is 36.1 Å². The van der Waals surface area contributed by atoms with Crippen LogP contribution in [0.3, 0.4) is 0 Å². The van der Waals surface area contributed by atoms with Crippen LogP contribution in [0, 0.1) is 3.57 Å². The number of hydrogen-bond donors (Lipinski definition) is 0. The molecular formula is C23H29IN2O4S.